The van der Waals surface area contributed by atoms with Gasteiger partial charge in [0.1, 0.15) is 5.01 Å². The minimum absolute atomic E-state index is 0.0140. The van der Waals surface area contributed by atoms with E-state index < -0.39 is 5.41 Å². The van der Waals surface area contributed by atoms with E-state index in [-0.39, 0.29) is 11.4 Å². The van der Waals surface area contributed by atoms with Crippen molar-refractivity contribution in [2.24, 2.45) is 5.41 Å². The number of nitrogens with zero attached hydrogens (tertiary/aromatic N) is 3. The zero-order valence-corrected chi connectivity index (χ0v) is 13.7. The third-order valence-corrected chi connectivity index (χ3v) is 4.98. The van der Waals surface area contributed by atoms with Gasteiger partial charge < -0.3 is 9.64 Å². The van der Waals surface area contributed by atoms with E-state index in [1.807, 2.05) is 13.8 Å². The minimum Gasteiger partial charge on any atom is -0.466 e. The number of anilines is 1. The lowest BCUT2D eigenvalue weighted by Crippen LogP contribution is -2.33. The third kappa shape index (κ3) is 2.95. The predicted octanol–water partition coefficient (Wildman–Crippen LogP) is 2.62. The zero-order valence-electron chi connectivity index (χ0n) is 12.9. The number of aromatic nitrogens is 2. The molecule has 1 fully saturated rings. The Hall–Kier alpha value is -1.17. The maximum atomic E-state index is 12.0. The summed E-state index contributed by atoms with van der Waals surface area (Å²) in [6.07, 6.45) is 0.802. The standard InChI is InChI=1S/C14H23N3O2S/c1-6-19-11(18)14(5)7-8-17(9-14)12-16-15-10(20-12)13(2,3)4/h6-9H2,1-5H3. The molecule has 1 atom stereocenters. The summed E-state index contributed by atoms with van der Waals surface area (Å²) in [6.45, 7) is 12.1. The second-order valence-electron chi connectivity index (χ2n) is 6.59. The van der Waals surface area contributed by atoms with E-state index in [0.717, 1.165) is 23.1 Å². The quantitative estimate of drug-likeness (QED) is 0.803. The maximum absolute atomic E-state index is 12.0. The molecule has 6 heteroatoms. The molecule has 112 valence electrons. The van der Waals surface area contributed by atoms with Crippen LogP contribution in [0.4, 0.5) is 5.13 Å². The number of rotatable bonds is 3. The second-order valence-corrected chi connectivity index (χ2v) is 7.55. The van der Waals surface area contributed by atoms with Crippen LogP contribution < -0.4 is 4.90 Å². The Morgan fingerprint density at radius 3 is 2.70 bits per heavy atom. The highest BCUT2D eigenvalue weighted by molar-refractivity contribution is 7.15. The van der Waals surface area contributed by atoms with Crippen LogP contribution in [0.15, 0.2) is 0 Å². The fourth-order valence-electron chi connectivity index (χ4n) is 2.24. The Morgan fingerprint density at radius 1 is 1.45 bits per heavy atom. The minimum atomic E-state index is -0.427. The van der Waals surface area contributed by atoms with E-state index in [1.54, 1.807) is 11.3 Å². The first kappa shape index (κ1) is 15.2. The molecule has 1 saturated heterocycles. The Morgan fingerprint density at radius 2 is 2.15 bits per heavy atom. The van der Waals surface area contributed by atoms with Crippen molar-refractivity contribution in [3.8, 4) is 0 Å². The summed E-state index contributed by atoms with van der Waals surface area (Å²) in [5, 5.41) is 10.5. The summed E-state index contributed by atoms with van der Waals surface area (Å²) in [6, 6.07) is 0. The summed E-state index contributed by atoms with van der Waals surface area (Å²) >= 11 is 1.61. The van der Waals surface area contributed by atoms with Crippen molar-refractivity contribution in [2.45, 2.75) is 46.5 Å². The van der Waals surface area contributed by atoms with Crippen LogP contribution in [-0.4, -0.2) is 35.9 Å². The second kappa shape index (κ2) is 5.31. The van der Waals surface area contributed by atoms with E-state index in [1.165, 1.54) is 0 Å². The smallest absolute Gasteiger partial charge is 0.313 e. The fourth-order valence-corrected chi connectivity index (χ4v) is 3.17. The average Bonchev–Trinajstić information content (AvgIpc) is 2.95. The topological polar surface area (TPSA) is 55.3 Å². The van der Waals surface area contributed by atoms with E-state index in [2.05, 4.69) is 35.9 Å². The van der Waals surface area contributed by atoms with Gasteiger partial charge in [0, 0.05) is 18.5 Å². The number of carbonyl (C=O) groups is 1. The van der Waals surface area contributed by atoms with Crippen LogP contribution in [0, 0.1) is 5.41 Å². The number of hydrogen-bond acceptors (Lipinski definition) is 6. The van der Waals surface area contributed by atoms with Crippen molar-refractivity contribution in [3.05, 3.63) is 5.01 Å². The summed E-state index contributed by atoms with van der Waals surface area (Å²) in [5.41, 5.74) is -0.413. The molecule has 1 aliphatic rings. The Bertz CT molecular complexity index is 495. The van der Waals surface area contributed by atoms with E-state index >= 15 is 0 Å². The molecule has 0 bridgehead atoms. The fraction of sp³-hybridized carbons (Fsp3) is 0.786. The molecule has 0 amide bonds. The van der Waals surface area contributed by atoms with Crippen molar-refractivity contribution in [3.63, 3.8) is 0 Å². The lowest BCUT2D eigenvalue weighted by molar-refractivity contribution is -0.153. The molecule has 2 rings (SSSR count). The molecule has 1 aliphatic heterocycles. The summed E-state index contributed by atoms with van der Waals surface area (Å²) in [7, 11) is 0. The van der Waals surface area contributed by atoms with Gasteiger partial charge in [0.2, 0.25) is 5.13 Å². The van der Waals surface area contributed by atoms with Crippen molar-refractivity contribution >= 4 is 22.4 Å². The van der Waals surface area contributed by atoms with Crippen LogP contribution >= 0.6 is 11.3 Å². The highest BCUT2D eigenvalue weighted by atomic mass is 32.1. The largest absolute Gasteiger partial charge is 0.466 e. The molecule has 1 unspecified atom stereocenters. The van der Waals surface area contributed by atoms with Crippen molar-refractivity contribution < 1.29 is 9.53 Å². The van der Waals surface area contributed by atoms with Crippen LogP contribution in [0.25, 0.3) is 0 Å². The van der Waals surface area contributed by atoms with Crippen molar-refractivity contribution in [1.82, 2.24) is 10.2 Å². The van der Waals surface area contributed by atoms with Crippen molar-refractivity contribution in [1.29, 1.82) is 0 Å². The molecule has 0 N–H and O–H groups in total. The monoisotopic (exact) mass is 297 g/mol. The molecule has 5 nitrogen and oxygen atoms in total. The first-order chi connectivity index (χ1) is 9.26. The molecular weight excluding hydrogens is 274 g/mol. The molecule has 0 radical (unpaired) electrons. The molecule has 0 spiro atoms. The number of hydrogen-bond donors (Lipinski definition) is 0. The van der Waals surface area contributed by atoms with Gasteiger partial charge in [-0.1, -0.05) is 32.1 Å². The van der Waals surface area contributed by atoms with E-state index in [9.17, 15) is 4.79 Å². The van der Waals surface area contributed by atoms with Gasteiger partial charge in [-0.15, -0.1) is 10.2 Å². The van der Waals surface area contributed by atoms with Gasteiger partial charge >= 0.3 is 5.97 Å². The van der Waals surface area contributed by atoms with Crippen LogP contribution in [-0.2, 0) is 14.9 Å². The Kier molecular flexibility index (Phi) is 4.04. The summed E-state index contributed by atoms with van der Waals surface area (Å²) in [4.78, 5) is 14.2. The molecule has 0 aliphatic carbocycles. The maximum Gasteiger partial charge on any atom is 0.313 e. The van der Waals surface area contributed by atoms with Crippen LogP contribution in [0.2, 0.25) is 0 Å². The Balaban J connectivity index is 2.10. The lowest BCUT2D eigenvalue weighted by Gasteiger charge is -2.21. The zero-order chi connectivity index (χ0) is 15.0. The van der Waals surface area contributed by atoms with Gasteiger partial charge in [-0.25, -0.2) is 0 Å². The van der Waals surface area contributed by atoms with Crippen LogP contribution in [0.1, 0.15) is 46.0 Å². The first-order valence-electron chi connectivity index (χ1n) is 7.02. The molecule has 2 heterocycles. The molecule has 0 aromatic carbocycles. The van der Waals surface area contributed by atoms with Gasteiger partial charge in [0.25, 0.3) is 0 Å². The molecule has 1 aromatic rings. The van der Waals surface area contributed by atoms with Gasteiger partial charge in [0.15, 0.2) is 0 Å². The molecule has 20 heavy (non-hydrogen) atoms. The van der Waals surface area contributed by atoms with Gasteiger partial charge in [-0.3, -0.25) is 4.79 Å². The normalized spacial score (nSPS) is 23.1. The van der Waals surface area contributed by atoms with Crippen molar-refractivity contribution in [2.75, 3.05) is 24.6 Å². The number of carbonyl (C=O) groups excluding carboxylic acids is 1. The summed E-state index contributed by atoms with van der Waals surface area (Å²) in [5.74, 6) is -0.108. The lowest BCUT2D eigenvalue weighted by atomic mass is 9.90. The number of ether oxygens (including phenoxy) is 1. The molecular formula is C14H23N3O2S. The van der Waals surface area contributed by atoms with Gasteiger partial charge in [0.05, 0.1) is 12.0 Å². The van der Waals surface area contributed by atoms with Gasteiger partial charge in [-0.05, 0) is 20.3 Å². The third-order valence-electron chi connectivity index (χ3n) is 3.57. The molecule has 1 aromatic heterocycles. The van der Waals surface area contributed by atoms with Crippen LogP contribution in [0.3, 0.4) is 0 Å². The Labute approximate surface area is 124 Å². The van der Waals surface area contributed by atoms with E-state index in [0.29, 0.717) is 13.2 Å². The SMILES string of the molecule is CCOC(=O)C1(C)CCN(c2nnc(C(C)(C)C)s2)C1. The predicted molar refractivity (Wildman–Crippen MR) is 80.2 cm³/mol. The molecule has 0 saturated carbocycles. The number of esters is 1. The highest BCUT2D eigenvalue weighted by Gasteiger charge is 2.42. The van der Waals surface area contributed by atoms with Gasteiger partial charge in [-0.2, -0.15) is 0 Å². The summed E-state index contributed by atoms with van der Waals surface area (Å²) < 4.78 is 5.17. The van der Waals surface area contributed by atoms with E-state index in [4.69, 9.17) is 4.74 Å². The first-order valence-corrected chi connectivity index (χ1v) is 7.84. The highest BCUT2D eigenvalue weighted by Crippen LogP contribution is 2.37. The average molecular weight is 297 g/mol. The van der Waals surface area contributed by atoms with Crippen LogP contribution in [0.5, 0.6) is 0 Å².